The highest BCUT2D eigenvalue weighted by atomic mass is 32.1. The molecule has 0 aromatic carbocycles. The second-order valence-corrected chi connectivity index (χ2v) is 8.28. The van der Waals surface area contributed by atoms with Gasteiger partial charge < -0.3 is 15.8 Å². The third-order valence-electron chi connectivity index (χ3n) is 3.83. The van der Waals surface area contributed by atoms with Crippen LogP contribution in [0.2, 0.25) is 0 Å². The fourth-order valence-electron chi connectivity index (χ4n) is 2.60. The number of carbonyl (C=O) groups is 1. The van der Waals surface area contributed by atoms with Crippen LogP contribution < -0.4 is 16.4 Å². The van der Waals surface area contributed by atoms with Crippen molar-refractivity contribution in [3.63, 3.8) is 0 Å². The molecular formula is C21H24N6O2S. The van der Waals surface area contributed by atoms with E-state index in [0.717, 1.165) is 21.3 Å². The number of amidine groups is 1. The van der Waals surface area contributed by atoms with Crippen LogP contribution in [0.1, 0.15) is 20.8 Å². The van der Waals surface area contributed by atoms with E-state index in [1.165, 1.54) is 6.08 Å². The molecule has 0 spiro atoms. The Morgan fingerprint density at radius 2 is 1.97 bits per heavy atom. The molecule has 1 amide bonds. The van der Waals surface area contributed by atoms with Crippen LogP contribution in [0.5, 0.6) is 0 Å². The van der Waals surface area contributed by atoms with E-state index >= 15 is 0 Å². The number of thiophene rings is 1. The summed E-state index contributed by atoms with van der Waals surface area (Å²) in [7, 11) is 1.66. The van der Waals surface area contributed by atoms with Crippen molar-refractivity contribution < 1.29 is 9.53 Å². The summed E-state index contributed by atoms with van der Waals surface area (Å²) in [6.45, 7) is 5.37. The minimum absolute atomic E-state index is 0.183. The molecule has 3 rings (SSSR count). The molecule has 0 bridgehead atoms. The Bertz CT molecular complexity index is 1100. The van der Waals surface area contributed by atoms with Crippen LogP contribution in [0, 0.1) is 0 Å². The average molecular weight is 425 g/mol. The van der Waals surface area contributed by atoms with Crippen LogP contribution in [-0.2, 0) is 4.74 Å². The van der Waals surface area contributed by atoms with E-state index in [2.05, 4.69) is 31.0 Å². The Morgan fingerprint density at radius 1 is 1.23 bits per heavy atom. The number of alkyl carbamates (subject to hydrolysis) is 1. The second kappa shape index (κ2) is 8.91. The zero-order valence-electron chi connectivity index (χ0n) is 17.3. The molecule has 0 saturated heterocycles. The Labute approximate surface area is 178 Å². The molecule has 3 aromatic heterocycles. The number of aliphatic imine (C=N–C) groups is 1. The zero-order valence-corrected chi connectivity index (χ0v) is 18.1. The second-order valence-electron chi connectivity index (χ2n) is 7.37. The summed E-state index contributed by atoms with van der Waals surface area (Å²) >= 11 is 1.62. The number of fused-ring (bicyclic) bond motifs is 1. The number of rotatable bonds is 5. The van der Waals surface area contributed by atoms with Crippen LogP contribution in [0.15, 0.2) is 58.9 Å². The molecule has 4 N–H and O–H groups in total. The van der Waals surface area contributed by atoms with E-state index in [1.807, 2.05) is 18.2 Å². The molecule has 3 heterocycles. The first-order chi connectivity index (χ1) is 14.2. The summed E-state index contributed by atoms with van der Waals surface area (Å²) in [5.74, 6) is 1.01. The third-order valence-corrected chi connectivity index (χ3v) is 4.77. The highest BCUT2D eigenvalue weighted by Crippen LogP contribution is 2.33. The Balaban J connectivity index is 1.84. The van der Waals surface area contributed by atoms with Gasteiger partial charge in [-0.3, -0.25) is 10.3 Å². The molecule has 0 atom stereocenters. The quantitative estimate of drug-likeness (QED) is 0.422. The number of hydrogen-bond donors (Lipinski definition) is 3. The normalized spacial score (nSPS) is 12.7. The lowest BCUT2D eigenvalue weighted by Gasteiger charge is -2.20. The Morgan fingerprint density at radius 3 is 2.63 bits per heavy atom. The van der Waals surface area contributed by atoms with Crippen molar-refractivity contribution in [2.75, 3.05) is 7.05 Å². The molecule has 30 heavy (non-hydrogen) atoms. The van der Waals surface area contributed by atoms with Gasteiger partial charge in [0, 0.05) is 36.5 Å². The van der Waals surface area contributed by atoms with Gasteiger partial charge in [-0.1, -0.05) is 0 Å². The summed E-state index contributed by atoms with van der Waals surface area (Å²) in [5, 5.41) is 7.52. The van der Waals surface area contributed by atoms with E-state index in [1.54, 1.807) is 57.6 Å². The maximum absolute atomic E-state index is 11.9. The van der Waals surface area contributed by atoms with Gasteiger partial charge >= 0.3 is 6.09 Å². The van der Waals surface area contributed by atoms with Crippen LogP contribution in [-0.4, -0.2) is 34.5 Å². The first kappa shape index (κ1) is 21.3. The van der Waals surface area contributed by atoms with Crippen LogP contribution in [0.4, 0.5) is 10.6 Å². The van der Waals surface area contributed by atoms with Crippen molar-refractivity contribution in [3.8, 4) is 11.1 Å². The molecule has 0 aliphatic carbocycles. The number of carbonyl (C=O) groups excluding carboxylic acids is 1. The van der Waals surface area contributed by atoms with Crippen molar-refractivity contribution in [2.24, 2.45) is 10.7 Å². The molecule has 0 aliphatic heterocycles. The Hall–Kier alpha value is -3.46. The van der Waals surface area contributed by atoms with Crippen molar-refractivity contribution in [3.05, 3.63) is 53.9 Å². The summed E-state index contributed by atoms with van der Waals surface area (Å²) in [5.41, 5.74) is 8.36. The fourth-order valence-corrected chi connectivity index (χ4v) is 3.50. The smallest absolute Gasteiger partial charge is 0.413 e. The SMILES string of the molecule is CN/C(=C\C(N)=Nc1ccc2scc(-c3ccncc3)c2n1)NC(=O)OC(C)(C)C. The van der Waals surface area contributed by atoms with Crippen LogP contribution >= 0.6 is 11.3 Å². The maximum atomic E-state index is 11.9. The lowest BCUT2D eigenvalue weighted by molar-refractivity contribution is 0.0543. The van der Waals surface area contributed by atoms with E-state index in [0.29, 0.717) is 11.6 Å². The lowest BCUT2D eigenvalue weighted by Crippen LogP contribution is -2.36. The molecular weight excluding hydrogens is 400 g/mol. The largest absolute Gasteiger partial charge is 0.444 e. The standard InChI is InChI=1S/C21H24N6O2S/c1-21(2,3)29-20(28)27-18(23-4)11-16(22)25-17-6-5-15-19(26-17)14(12-30-15)13-7-9-24-10-8-13/h5-12,23H,1-4H3,(H,27,28)(H2,22,25,26)/b18-11+. The number of nitrogens with two attached hydrogens (primary N) is 1. The minimum atomic E-state index is -0.602. The lowest BCUT2D eigenvalue weighted by atomic mass is 10.1. The molecule has 0 saturated carbocycles. The molecule has 9 heteroatoms. The zero-order chi connectivity index (χ0) is 21.7. The van der Waals surface area contributed by atoms with Gasteiger partial charge in [-0.15, -0.1) is 11.3 Å². The number of ether oxygens (including phenoxy) is 1. The van der Waals surface area contributed by atoms with E-state index in [4.69, 9.17) is 10.5 Å². The van der Waals surface area contributed by atoms with Crippen LogP contribution in [0.3, 0.4) is 0 Å². The van der Waals surface area contributed by atoms with Crippen LogP contribution in [0.25, 0.3) is 21.3 Å². The molecule has 8 nitrogen and oxygen atoms in total. The highest BCUT2D eigenvalue weighted by Gasteiger charge is 2.16. The molecule has 0 fully saturated rings. The number of aromatic nitrogens is 2. The fraction of sp³-hybridized carbons (Fsp3) is 0.238. The predicted octanol–water partition coefficient (Wildman–Crippen LogP) is 3.93. The van der Waals surface area contributed by atoms with Gasteiger partial charge in [0.2, 0.25) is 0 Å². The average Bonchev–Trinajstić information content (AvgIpc) is 3.09. The minimum Gasteiger partial charge on any atom is -0.444 e. The van der Waals surface area contributed by atoms with Gasteiger partial charge in [-0.25, -0.2) is 14.8 Å². The van der Waals surface area contributed by atoms with Gasteiger partial charge in [0.1, 0.15) is 17.3 Å². The first-order valence-corrected chi connectivity index (χ1v) is 10.2. The molecule has 156 valence electrons. The topological polar surface area (TPSA) is 115 Å². The predicted molar refractivity (Wildman–Crippen MR) is 121 cm³/mol. The summed E-state index contributed by atoms with van der Waals surface area (Å²) in [6, 6.07) is 7.65. The monoisotopic (exact) mass is 424 g/mol. The highest BCUT2D eigenvalue weighted by molar-refractivity contribution is 7.17. The van der Waals surface area contributed by atoms with Crippen molar-refractivity contribution >= 4 is 39.3 Å². The van der Waals surface area contributed by atoms with Gasteiger partial charge in [0.25, 0.3) is 0 Å². The molecule has 0 aliphatic rings. The maximum Gasteiger partial charge on any atom is 0.413 e. The summed E-state index contributed by atoms with van der Waals surface area (Å²) in [4.78, 5) is 25.0. The number of hydrogen-bond acceptors (Lipinski definition) is 7. The van der Waals surface area contributed by atoms with Crippen molar-refractivity contribution in [1.29, 1.82) is 0 Å². The van der Waals surface area contributed by atoms with Gasteiger partial charge in [-0.05, 0) is 50.6 Å². The van der Waals surface area contributed by atoms with E-state index in [9.17, 15) is 4.79 Å². The summed E-state index contributed by atoms with van der Waals surface area (Å²) < 4.78 is 6.29. The first-order valence-electron chi connectivity index (χ1n) is 9.27. The number of amides is 1. The van der Waals surface area contributed by atoms with Gasteiger partial charge in [0.05, 0.1) is 10.2 Å². The van der Waals surface area contributed by atoms with E-state index < -0.39 is 11.7 Å². The number of nitrogens with zero attached hydrogens (tertiary/aromatic N) is 3. The third kappa shape index (κ3) is 5.54. The Kier molecular flexibility index (Phi) is 6.31. The van der Waals surface area contributed by atoms with Crippen molar-refractivity contribution in [1.82, 2.24) is 20.6 Å². The summed E-state index contributed by atoms with van der Waals surface area (Å²) in [6.07, 6.45) is 4.42. The van der Waals surface area contributed by atoms with Gasteiger partial charge in [0.15, 0.2) is 5.82 Å². The molecule has 0 unspecified atom stereocenters. The molecule has 3 aromatic rings. The van der Waals surface area contributed by atoms with E-state index in [-0.39, 0.29) is 5.84 Å². The molecule has 0 radical (unpaired) electrons. The van der Waals surface area contributed by atoms with Gasteiger partial charge in [-0.2, -0.15) is 0 Å². The number of nitrogens with one attached hydrogen (secondary N) is 2. The number of pyridine rings is 2. The van der Waals surface area contributed by atoms with Crippen molar-refractivity contribution in [2.45, 2.75) is 26.4 Å².